The van der Waals surface area contributed by atoms with Crippen LogP contribution < -0.4 is 9.64 Å². The molecule has 3 aromatic rings. The third-order valence-corrected chi connectivity index (χ3v) is 4.71. The molecule has 0 saturated carbocycles. The van der Waals surface area contributed by atoms with Crippen LogP contribution in [0.1, 0.15) is 12.0 Å². The summed E-state index contributed by atoms with van der Waals surface area (Å²) in [6.45, 7) is 11.2. The first-order chi connectivity index (χ1) is 13.2. The molecule has 4 rings (SSSR count). The van der Waals surface area contributed by atoms with Crippen LogP contribution in [-0.2, 0) is 0 Å². The maximum Gasteiger partial charge on any atom is 0.213 e. The Balaban J connectivity index is 1.50. The molecule has 3 heterocycles. The fourth-order valence-corrected chi connectivity index (χ4v) is 3.28. The summed E-state index contributed by atoms with van der Waals surface area (Å²) in [6.07, 6.45) is 4.58. The molecular formula is C22H20N4O. The molecule has 1 atom stereocenters. The lowest BCUT2D eigenvalue weighted by Crippen LogP contribution is -2.24. The highest BCUT2D eigenvalue weighted by molar-refractivity contribution is 5.76. The van der Waals surface area contributed by atoms with Gasteiger partial charge < -0.3 is 9.64 Å². The number of ether oxygens (including phenoxy) is 1. The van der Waals surface area contributed by atoms with E-state index in [-0.39, 0.29) is 6.10 Å². The van der Waals surface area contributed by atoms with Crippen LogP contribution in [0.5, 0.6) is 5.88 Å². The predicted octanol–water partition coefficient (Wildman–Crippen LogP) is 4.66. The summed E-state index contributed by atoms with van der Waals surface area (Å²) < 4.78 is 6.00. The van der Waals surface area contributed by atoms with Crippen molar-refractivity contribution in [3.05, 3.63) is 77.9 Å². The van der Waals surface area contributed by atoms with Gasteiger partial charge in [0.2, 0.25) is 11.6 Å². The Hall–Kier alpha value is -3.39. The first-order valence-corrected chi connectivity index (χ1v) is 9.00. The fourth-order valence-electron chi connectivity index (χ4n) is 3.28. The van der Waals surface area contributed by atoms with Crippen molar-refractivity contribution in [3.8, 4) is 17.1 Å². The monoisotopic (exact) mass is 356 g/mol. The second-order valence-electron chi connectivity index (χ2n) is 6.68. The van der Waals surface area contributed by atoms with E-state index >= 15 is 0 Å². The van der Waals surface area contributed by atoms with Crippen LogP contribution in [0, 0.1) is 13.5 Å². The molecule has 1 aliphatic heterocycles. The maximum absolute atomic E-state index is 7.59. The highest BCUT2D eigenvalue weighted by Gasteiger charge is 2.26. The molecule has 0 aliphatic carbocycles. The molecule has 0 radical (unpaired) electrons. The summed E-state index contributed by atoms with van der Waals surface area (Å²) in [5.41, 5.74) is 4.44. The Morgan fingerprint density at radius 1 is 1.11 bits per heavy atom. The number of rotatable bonds is 4. The molecule has 0 spiro atoms. The molecule has 134 valence electrons. The Morgan fingerprint density at radius 3 is 2.70 bits per heavy atom. The van der Waals surface area contributed by atoms with Gasteiger partial charge in [-0.05, 0) is 24.1 Å². The Labute approximate surface area is 159 Å². The van der Waals surface area contributed by atoms with Crippen LogP contribution in [0.25, 0.3) is 16.1 Å². The second kappa shape index (κ2) is 7.46. The van der Waals surface area contributed by atoms with Crippen LogP contribution >= 0.6 is 0 Å². The Morgan fingerprint density at radius 2 is 1.96 bits per heavy atom. The van der Waals surface area contributed by atoms with Gasteiger partial charge in [-0.25, -0.2) is 9.83 Å². The van der Waals surface area contributed by atoms with Gasteiger partial charge in [-0.2, -0.15) is 0 Å². The SMILES string of the molecule is [C-]#[N+]c1cc(-c2ccccc2)ncc1N1CC[C@@H](Oc2ccc(C)cn2)C1. The van der Waals surface area contributed by atoms with E-state index in [1.165, 1.54) is 0 Å². The molecule has 0 unspecified atom stereocenters. The van der Waals surface area contributed by atoms with E-state index in [0.29, 0.717) is 11.6 Å². The minimum atomic E-state index is 0.0626. The average Bonchev–Trinajstić information content (AvgIpc) is 3.18. The van der Waals surface area contributed by atoms with Crippen molar-refractivity contribution in [3.63, 3.8) is 0 Å². The largest absolute Gasteiger partial charge is 0.472 e. The fraction of sp³-hybridized carbons (Fsp3) is 0.227. The van der Waals surface area contributed by atoms with Crippen LogP contribution in [0.3, 0.4) is 0 Å². The zero-order valence-electron chi connectivity index (χ0n) is 15.2. The molecule has 1 aromatic carbocycles. The molecule has 1 saturated heterocycles. The average molecular weight is 356 g/mol. The van der Waals surface area contributed by atoms with Crippen LogP contribution in [0.4, 0.5) is 11.4 Å². The van der Waals surface area contributed by atoms with Crippen molar-refractivity contribution in [1.82, 2.24) is 9.97 Å². The van der Waals surface area contributed by atoms with Gasteiger partial charge in [-0.1, -0.05) is 36.4 Å². The number of hydrogen-bond donors (Lipinski definition) is 0. The van der Waals surface area contributed by atoms with Crippen molar-refractivity contribution in [1.29, 1.82) is 0 Å². The number of nitrogens with zero attached hydrogens (tertiary/aromatic N) is 4. The number of aromatic nitrogens is 2. The summed E-state index contributed by atoms with van der Waals surface area (Å²) in [6, 6.07) is 15.7. The lowest BCUT2D eigenvalue weighted by Gasteiger charge is -2.20. The summed E-state index contributed by atoms with van der Waals surface area (Å²) >= 11 is 0. The summed E-state index contributed by atoms with van der Waals surface area (Å²) in [5.74, 6) is 0.649. The van der Waals surface area contributed by atoms with Crippen LogP contribution in [0.2, 0.25) is 0 Å². The van der Waals surface area contributed by atoms with Crippen LogP contribution in [0.15, 0.2) is 60.9 Å². The number of hydrogen-bond acceptors (Lipinski definition) is 4. The first-order valence-electron chi connectivity index (χ1n) is 9.00. The molecule has 1 fully saturated rings. The van der Waals surface area contributed by atoms with Gasteiger partial charge in [-0.15, -0.1) is 0 Å². The smallest absolute Gasteiger partial charge is 0.213 e. The van der Waals surface area contributed by atoms with E-state index < -0.39 is 0 Å². The molecular weight excluding hydrogens is 336 g/mol. The van der Waals surface area contributed by atoms with Gasteiger partial charge in [0.1, 0.15) is 6.10 Å². The predicted molar refractivity (Wildman–Crippen MR) is 106 cm³/mol. The molecule has 0 N–H and O–H groups in total. The molecule has 0 bridgehead atoms. The highest BCUT2D eigenvalue weighted by Crippen LogP contribution is 2.34. The minimum Gasteiger partial charge on any atom is -0.472 e. The molecule has 5 heteroatoms. The topological polar surface area (TPSA) is 42.6 Å². The molecule has 0 amide bonds. The summed E-state index contributed by atoms with van der Waals surface area (Å²) in [7, 11) is 0. The quantitative estimate of drug-likeness (QED) is 0.638. The zero-order valence-corrected chi connectivity index (χ0v) is 15.2. The first kappa shape index (κ1) is 17.0. The normalized spacial score (nSPS) is 16.1. The van der Waals surface area contributed by atoms with Gasteiger partial charge >= 0.3 is 0 Å². The standard InChI is InChI=1S/C22H20N4O/c1-16-8-9-22(25-13-16)27-18-10-11-26(15-18)21-14-24-19(12-20(21)23-2)17-6-4-3-5-7-17/h3-9,12-14,18H,10-11,15H2,1H3/t18-/m1/s1. The Kier molecular flexibility index (Phi) is 4.71. The number of anilines is 1. The third kappa shape index (κ3) is 3.75. The van der Waals surface area contributed by atoms with E-state index in [0.717, 1.165) is 42.0 Å². The Bertz CT molecular complexity index is 964. The maximum atomic E-state index is 7.59. The van der Waals surface area contributed by atoms with Gasteiger partial charge in [0.25, 0.3) is 0 Å². The van der Waals surface area contributed by atoms with Gasteiger partial charge in [0.05, 0.1) is 24.5 Å². The minimum absolute atomic E-state index is 0.0626. The molecule has 5 nitrogen and oxygen atoms in total. The van der Waals surface area contributed by atoms with Crippen molar-refractivity contribution in [2.75, 3.05) is 18.0 Å². The second-order valence-corrected chi connectivity index (χ2v) is 6.68. The van der Waals surface area contributed by atoms with Gasteiger partial charge in [-0.3, -0.25) is 4.98 Å². The van der Waals surface area contributed by atoms with Crippen molar-refractivity contribution >= 4 is 11.4 Å². The highest BCUT2D eigenvalue weighted by atomic mass is 16.5. The number of aryl methyl sites for hydroxylation is 1. The zero-order chi connectivity index (χ0) is 18.6. The van der Waals surface area contributed by atoms with Gasteiger partial charge in [0, 0.05) is 31.4 Å². The molecule has 1 aliphatic rings. The summed E-state index contributed by atoms with van der Waals surface area (Å²) in [5, 5.41) is 0. The van der Waals surface area contributed by atoms with E-state index in [4.69, 9.17) is 11.3 Å². The van der Waals surface area contributed by atoms with Gasteiger partial charge in [0.15, 0.2) is 0 Å². The van der Waals surface area contributed by atoms with Crippen molar-refractivity contribution in [2.24, 2.45) is 0 Å². The molecule has 2 aromatic heterocycles. The van der Waals surface area contributed by atoms with Crippen molar-refractivity contribution in [2.45, 2.75) is 19.4 Å². The summed E-state index contributed by atoms with van der Waals surface area (Å²) in [4.78, 5) is 14.8. The van der Waals surface area contributed by atoms with E-state index in [1.807, 2.05) is 67.8 Å². The number of pyridine rings is 2. The van der Waals surface area contributed by atoms with E-state index in [2.05, 4.69) is 19.7 Å². The molecule has 27 heavy (non-hydrogen) atoms. The lowest BCUT2D eigenvalue weighted by molar-refractivity contribution is 0.216. The van der Waals surface area contributed by atoms with Crippen LogP contribution in [-0.4, -0.2) is 29.2 Å². The van der Waals surface area contributed by atoms with E-state index in [1.54, 1.807) is 0 Å². The number of benzene rings is 1. The van der Waals surface area contributed by atoms with Crippen molar-refractivity contribution < 1.29 is 4.74 Å². The third-order valence-electron chi connectivity index (χ3n) is 4.71. The van der Waals surface area contributed by atoms with E-state index in [9.17, 15) is 0 Å². The lowest BCUT2D eigenvalue weighted by atomic mass is 10.1.